The molecule has 1 N–H and O–H groups in total. The Hall–Kier alpha value is -4.20. The number of fused-ring (bicyclic) bond motifs is 1. The van der Waals surface area contributed by atoms with Gasteiger partial charge in [0.05, 0.1) is 49.6 Å². The molecule has 0 saturated carbocycles. The summed E-state index contributed by atoms with van der Waals surface area (Å²) in [6.45, 7) is 5.05. The van der Waals surface area contributed by atoms with Crippen LogP contribution >= 0.6 is 0 Å². The Kier molecular flexibility index (Phi) is 7.24. The molecular weight excluding hydrogens is 552 g/mol. The lowest BCUT2D eigenvalue weighted by atomic mass is 10.0. The fourth-order valence-electron chi connectivity index (χ4n) is 4.84. The molecule has 6 rings (SSSR count). The van der Waals surface area contributed by atoms with E-state index >= 15 is 0 Å². The SMILES string of the molecule is CS(=O)(=O)Nc1cc(-c2cnn3cc(-c4cnn(CCN5CCOCC5)c4)ccc23)cc(-c2ccc(F)cc2F)n1. The topological polar surface area (TPSA) is 107 Å². The summed E-state index contributed by atoms with van der Waals surface area (Å²) in [5.74, 6) is -1.53. The number of nitrogens with one attached hydrogen (secondary N) is 1. The number of hydrogen-bond donors (Lipinski definition) is 1. The van der Waals surface area contributed by atoms with E-state index in [1.807, 2.05) is 35.4 Å². The Balaban J connectivity index is 1.31. The average molecular weight is 580 g/mol. The van der Waals surface area contributed by atoms with Crippen LogP contribution in [0.2, 0.25) is 0 Å². The van der Waals surface area contributed by atoms with Crippen LogP contribution < -0.4 is 4.72 Å². The van der Waals surface area contributed by atoms with Crippen molar-refractivity contribution in [2.75, 3.05) is 43.8 Å². The molecule has 1 saturated heterocycles. The highest BCUT2D eigenvalue weighted by Crippen LogP contribution is 2.33. The fraction of sp³-hybridized carbons (Fsp3) is 0.250. The van der Waals surface area contributed by atoms with Crippen LogP contribution in [0.5, 0.6) is 0 Å². The summed E-state index contributed by atoms with van der Waals surface area (Å²) < 4.78 is 63.5. The van der Waals surface area contributed by atoms with E-state index in [2.05, 4.69) is 24.8 Å². The van der Waals surface area contributed by atoms with Crippen molar-refractivity contribution in [2.45, 2.75) is 6.54 Å². The van der Waals surface area contributed by atoms with Gasteiger partial charge in [0.15, 0.2) is 0 Å². The quantitative estimate of drug-likeness (QED) is 0.297. The first-order valence-electron chi connectivity index (χ1n) is 13.0. The van der Waals surface area contributed by atoms with Crippen molar-refractivity contribution < 1.29 is 21.9 Å². The molecule has 1 aliphatic rings. The molecule has 1 aromatic carbocycles. The number of halogens is 2. The summed E-state index contributed by atoms with van der Waals surface area (Å²) in [6, 6.07) is 10.2. The largest absolute Gasteiger partial charge is 0.379 e. The Morgan fingerprint density at radius 1 is 0.902 bits per heavy atom. The highest BCUT2D eigenvalue weighted by molar-refractivity contribution is 7.92. The van der Waals surface area contributed by atoms with Gasteiger partial charge in [-0.25, -0.2) is 26.7 Å². The zero-order valence-corrected chi connectivity index (χ0v) is 23.0. The van der Waals surface area contributed by atoms with Gasteiger partial charge in [0.2, 0.25) is 10.0 Å². The second-order valence-electron chi connectivity index (χ2n) is 9.88. The summed E-state index contributed by atoms with van der Waals surface area (Å²) in [5.41, 5.74) is 4.04. The number of rotatable bonds is 8. The maximum atomic E-state index is 14.6. The van der Waals surface area contributed by atoms with E-state index in [1.165, 1.54) is 6.07 Å². The maximum Gasteiger partial charge on any atom is 0.230 e. The monoisotopic (exact) mass is 579 g/mol. The fourth-order valence-corrected chi connectivity index (χ4v) is 5.33. The van der Waals surface area contributed by atoms with Crippen LogP contribution in [0, 0.1) is 11.6 Å². The minimum Gasteiger partial charge on any atom is -0.379 e. The highest BCUT2D eigenvalue weighted by atomic mass is 32.2. The van der Waals surface area contributed by atoms with Crippen molar-refractivity contribution in [1.29, 1.82) is 0 Å². The third-order valence-electron chi connectivity index (χ3n) is 6.87. The number of sulfonamides is 1. The number of hydrogen-bond acceptors (Lipinski definition) is 7. The molecule has 10 nitrogen and oxygen atoms in total. The van der Waals surface area contributed by atoms with Crippen LogP contribution in [0.3, 0.4) is 0 Å². The van der Waals surface area contributed by atoms with Crippen molar-refractivity contribution in [1.82, 2.24) is 29.3 Å². The number of benzene rings is 1. The van der Waals surface area contributed by atoms with Crippen molar-refractivity contribution >= 4 is 21.4 Å². The van der Waals surface area contributed by atoms with Gasteiger partial charge < -0.3 is 4.74 Å². The van der Waals surface area contributed by atoms with Crippen LogP contribution in [0.1, 0.15) is 0 Å². The lowest BCUT2D eigenvalue weighted by Gasteiger charge is -2.26. The predicted octanol–water partition coefficient (Wildman–Crippen LogP) is 3.91. The molecule has 1 fully saturated rings. The van der Waals surface area contributed by atoms with Crippen LogP contribution in [0.25, 0.3) is 39.0 Å². The van der Waals surface area contributed by atoms with Crippen molar-refractivity contribution in [3.8, 4) is 33.5 Å². The van der Waals surface area contributed by atoms with E-state index in [-0.39, 0.29) is 17.1 Å². The van der Waals surface area contributed by atoms with Crippen LogP contribution in [-0.4, -0.2) is 76.8 Å². The zero-order chi connectivity index (χ0) is 28.6. The molecule has 5 aromatic rings. The first-order valence-corrected chi connectivity index (χ1v) is 14.9. The summed E-state index contributed by atoms with van der Waals surface area (Å²) >= 11 is 0. The minimum atomic E-state index is -3.67. The van der Waals surface area contributed by atoms with Crippen LogP contribution in [0.15, 0.2) is 67.3 Å². The molecule has 5 heterocycles. The molecule has 0 radical (unpaired) electrons. The van der Waals surface area contributed by atoms with Gasteiger partial charge in [-0.15, -0.1) is 0 Å². The molecule has 0 bridgehead atoms. The molecule has 0 atom stereocenters. The molecule has 13 heteroatoms. The summed E-state index contributed by atoms with van der Waals surface area (Å²) in [6.07, 6.45) is 8.36. The Morgan fingerprint density at radius 2 is 1.73 bits per heavy atom. The number of pyridine rings is 2. The molecule has 0 amide bonds. The average Bonchev–Trinajstić information content (AvgIpc) is 3.58. The van der Waals surface area contributed by atoms with Gasteiger partial charge in [-0.2, -0.15) is 10.2 Å². The molecule has 41 heavy (non-hydrogen) atoms. The smallest absolute Gasteiger partial charge is 0.230 e. The number of anilines is 1. The summed E-state index contributed by atoms with van der Waals surface area (Å²) in [4.78, 5) is 6.63. The molecular formula is C28H27F2N7O3S. The predicted molar refractivity (Wildman–Crippen MR) is 151 cm³/mol. The third kappa shape index (κ3) is 6.11. The minimum absolute atomic E-state index is 0.00388. The van der Waals surface area contributed by atoms with Gasteiger partial charge in [0.1, 0.15) is 17.5 Å². The lowest BCUT2D eigenvalue weighted by Crippen LogP contribution is -2.38. The van der Waals surface area contributed by atoms with Gasteiger partial charge in [0, 0.05) is 60.3 Å². The van der Waals surface area contributed by atoms with Gasteiger partial charge in [-0.1, -0.05) is 6.07 Å². The number of nitrogens with zero attached hydrogens (tertiary/aromatic N) is 6. The molecule has 1 aliphatic heterocycles. The molecule has 4 aromatic heterocycles. The van der Waals surface area contributed by atoms with Crippen molar-refractivity contribution in [3.63, 3.8) is 0 Å². The first kappa shape index (κ1) is 27.0. The first-order chi connectivity index (χ1) is 19.7. The molecule has 0 aliphatic carbocycles. The molecule has 0 unspecified atom stereocenters. The van der Waals surface area contributed by atoms with Crippen LogP contribution in [0.4, 0.5) is 14.6 Å². The second-order valence-corrected chi connectivity index (χ2v) is 11.6. The van der Waals surface area contributed by atoms with Gasteiger partial charge in [0.25, 0.3) is 0 Å². The van der Waals surface area contributed by atoms with Gasteiger partial charge in [-0.3, -0.25) is 14.3 Å². The number of ether oxygens (including phenoxy) is 1. The number of morpholine rings is 1. The standard InChI is InChI=1S/C28H27F2N7O3S/c1-41(38,39)34-28-13-20(12-26(33-28)23-4-3-22(29)14-25(23)30)24-16-32-37-18-19(2-5-27(24)37)21-15-31-36(17-21)7-6-35-8-10-40-11-9-35/h2-5,12-18H,6-11H2,1H3,(H,33,34). The van der Waals surface area contributed by atoms with E-state index in [9.17, 15) is 17.2 Å². The van der Waals surface area contributed by atoms with Gasteiger partial charge in [-0.05, 0) is 35.9 Å². The Morgan fingerprint density at radius 3 is 2.51 bits per heavy atom. The zero-order valence-electron chi connectivity index (χ0n) is 22.2. The normalized spacial score (nSPS) is 14.5. The van der Waals surface area contributed by atoms with E-state index < -0.39 is 21.7 Å². The third-order valence-corrected chi connectivity index (χ3v) is 7.45. The second kappa shape index (κ2) is 11.0. The Bertz CT molecular complexity index is 1830. The number of aromatic nitrogens is 5. The summed E-state index contributed by atoms with van der Waals surface area (Å²) in [5, 5.41) is 9.02. The van der Waals surface area contributed by atoms with E-state index in [1.54, 1.807) is 22.8 Å². The van der Waals surface area contributed by atoms with Crippen LogP contribution in [-0.2, 0) is 21.3 Å². The van der Waals surface area contributed by atoms with E-state index in [4.69, 9.17) is 4.74 Å². The van der Waals surface area contributed by atoms with Crippen molar-refractivity contribution in [2.24, 2.45) is 0 Å². The molecule has 212 valence electrons. The van der Waals surface area contributed by atoms with Crippen molar-refractivity contribution in [3.05, 3.63) is 78.9 Å². The van der Waals surface area contributed by atoms with E-state index in [0.29, 0.717) is 11.1 Å². The van der Waals surface area contributed by atoms with Gasteiger partial charge >= 0.3 is 0 Å². The maximum absolute atomic E-state index is 14.6. The lowest BCUT2D eigenvalue weighted by molar-refractivity contribution is 0.0360. The molecule has 0 spiro atoms. The van der Waals surface area contributed by atoms with E-state index in [0.717, 1.165) is 74.4 Å². The summed E-state index contributed by atoms with van der Waals surface area (Å²) in [7, 11) is -3.67. The Labute approximate surface area is 235 Å². The highest BCUT2D eigenvalue weighted by Gasteiger charge is 2.16.